The molecule has 2 aromatic carbocycles. The van der Waals surface area contributed by atoms with Crippen LogP contribution in [-0.2, 0) is 11.2 Å². The second kappa shape index (κ2) is 6.60. The van der Waals surface area contributed by atoms with Crippen molar-refractivity contribution in [3.63, 3.8) is 0 Å². The lowest BCUT2D eigenvalue weighted by atomic mass is 9.79. The second-order valence-corrected chi connectivity index (χ2v) is 7.43. The number of benzene rings is 2. The number of halogens is 1. The van der Waals surface area contributed by atoms with Gasteiger partial charge in [0.05, 0.1) is 0 Å². The summed E-state index contributed by atoms with van der Waals surface area (Å²) in [7, 11) is 0. The Morgan fingerprint density at radius 3 is 2.40 bits per heavy atom. The summed E-state index contributed by atoms with van der Waals surface area (Å²) in [6, 6.07) is 16.8. The van der Waals surface area contributed by atoms with Crippen molar-refractivity contribution >= 4 is 11.6 Å². The van der Waals surface area contributed by atoms with Crippen LogP contribution >= 0.6 is 0 Å². The Labute approximate surface area is 148 Å². The highest BCUT2D eigenvalue weighted by Crippen LogP contribution is 2.41. The van der Waals surface area contributed by atoms with Crippen molar-refractivity contribution in [3.8, 4) is 0 Å². The van der Waals surface area contributed by atoms with Gasteiger partial charge in [-0.05, 0) is 49.2 Å². The summed E-state index contributed by atoms with van der Waals surface area (Å²) in [5.74, 6) is -0.103. The average molecular weight is 338 g/mol. The minimum Gasteiger partial charge on any atom is -0.312 e. The Hall–Kier alpha value is -2.20. The second-order valence-electron chi connectivity index (χ2n) is 7.43. The Kier molecular flexibility index (Phi) is 4.30. The molecule has 130 valence electrons. The first-order valence-electron chi connectivity index (χ1n) is 8.96. The lowest BCUT2D eigenvalue weighted by Gasteiger charge is -2.47. The maximum atomic E-state index is 13.1. The van der Waals surface area contributed by atoms with Crippen molar-refractivity contribution in [2.45, 2.75) is 19.3 Å². The molecule has 4 heteroatoms. The zero-order valence-corrected chi connectivity index (χ0v) is 14.3. The maximum absolute atomic E-state index is 13.1. The highest BCUT2D eigenvalue weighted by atomic mass is 19.1. The topological polar surface area (TPSA) is 23.6 Å². The van der Waals surface area contributed by atoms with Crippen LogP contribution in [-0.4, -0.2) is 37.0 Å². The number of hydrogen-bond acceptors (Lipinski definition) is 2. The molecule has 0 saturated carbocycles. The molecule has 3 nitrogen and oxygen atoms in total. The highest BCUT2D eigenvalue weighted by molar-refractivity contribution is 5.96. The van der Waals surface area contributed by atoms with E-state index in [0.717, 1.165) is 44.7 Å². The van der Waals surface area contributed by atoms with Gasteiger partial charge in [0.2, 0.25) is 5.91 Å². The zero-order chi connectivity index (χ0) is 17.3. The van der Waals surface area contributed by atoms with E-state index < -0.39 is 0 Å². The first-order valence-corrected chi connectivity index (χ1v) is 8.96. The average Bonchev–Trinajstić information content (AvgIpc) is 2.94. The summed E-state index contributed by atoms with van der Waals surface area (Å²) in [5, 5.41) is 0. The monoisotopic (exact) mass is 338 g/mol. The van der Waals surface area contributed by atoms with E-state index in [1.165, 1.54) is 17.7 Å². The number of nitrogens with zero attached hydrogens (tertiary/aromatic N) is 2. The molecule has 0 bridgehead atoms. The van der Waals surface area contributed by atoms with Crippen LogP contribution in [0.15, 0.2) is 54.6 Å². The number of carbonyl (C=O) groups is 1. The Morgan fingerprint density at radius 2 is 1.68 bits per heavy atom. The van der Waals surface area contributed by atoms with Crippen LogP contribution in [0.4, 0.5) is 10.1 Å². The van der Waals surface area contributed by atoms with Gasteiger partial charge >= 0.3 is 0 Å². The molecule has 0 aromatic heterocycles. The molecule has 0 radical (unpaired) electrons. The molecule has 4 rings (SSSR count). The van der Waals surface area contributed by atoms with E-state index in [1.54, 1.807) is 12.1 Å². The third-order valence-corrected chi connectivity index (χ3v) is 5.36. The van der Waals surface area contributed by atoms with Gasteiger partial charge in [-0.1, -0.05) is 30.3 Å². The number of carbonyl (C=O) groups excluding carboxylic acids is 1. The van der Waals surface area contributed by atoms with Gasteiger partial charge in [-0.15, -0.1) is 0 Å². The van der Waals surface area contributed by atoms with Gasteiger partial charge in [0.1, 0.15) is 5.82 Å². The number of rotatable bonds is 5. The number of anilines is 1. The van der Waals surface area contributed by atoms with E-state index >= 15 is 0 Å². The van der Waals surface area contributed by atoms with Crippen LogP contribution in [0.5, 0.6) is 0 Å². The fourth-order valence-corrected chi connectivity index (χ4v) is 4.18. The molecular formula is C21H23FN2O. The summed E-state index contributed by atoms with van der Waals surface area (Å²) < 4.78 is 13.1. The molecule has 2 heterocycles. The quantitative estimate of drug-likeness (QED) is 0.833. The van der Waals surface area contributed by atoms with E-state index in [0.29, 0.717) is 6.42 Å². The van der Waals surface area contributed by atoms with Gasteiger partial charge < -0.3 is 9.80 Å². The Balaban J connectivity index is 1.28. The highest BCUT2D eigenvalue weighted by Gasteiger charge is 2.51. The normalized spacial score (nSPS) is 19.4. The van der Waals surface area contributed by atoms with Crippen molar-refractivity contribution in [2.75, 3.05) is 31.1 Å². The van der Waals surface area contributed by atoms with Crippen LogP contribution in [0.3, 0.4) is 0 Å². The summed E-state index contributed by atoms with van der Waals surface area (Å²) in [6.45, 7) is 3.82. The lowest BCUT2D eigenvalue weighted by Crippen LogP contribution is -2.57. The minimum absolute atomic E-state index is 0.0955. The van der Waals surface area contributed by atoms with E-state index in [-0.39, 0.29) is 17.1 Å². The van der Waals surface area contributed by atoms with Crippen LogP contribution in [0.25, 0.3) is 0 Å². The van der Waals surface area contributed by atoms with Crippen LogP contribution in [0.1, 0.15) is 18.4 Å². The van der Waals surface area contributed by atoms with E-state index in [1.807, 2.05) is 11.0 Å². The van der Waals surface area contributed by atoms with Gasteiger partial charge in [0, 0.05) is 37.2 Å². The summed E-state index contributed by atoms with van der Waals surface area (Å²) in [6.07, 6.45) is 2.86. The van der Waals surface area contributed by atoms with Gasteiger partial charge in [-0.2, -0.15) is 0 Å². The van der Waals surface area contributed by atoms with Gasteiger partial charge in [0.25, 0.3) is 0 Å². The number of aryl methyl sites for hydroxylation is 1. The maximum Gasteiger partial charge on any atom is 0.227 e. The fourth-order valence-electron chi connectivity index (χ4n) is 4.18. The molecule has 2 aliphatic rings. The van der Waals surface area contributed by atoms with Crippen molar-refractivity contribution in [1.29, 1.82) is 0 Å². The number of hydrogen-bond donors (Lipinski definition) is 0. The van der Waals surface area contributed by atoms with Crippen LogP contribution in [0.2, 0.25) is 0 Å². The molecule has 25 heavy (non-hydrogen) atoms. The molecule has 0 atom stereocenters. The molecule has 2 aliphatic heterocycles. The van der Waals surface area contributed by atoms with Gasteiger partial charge in [-0.3, -0.25) is 4.79 Å². The standard InChI is InChI=1S/C21H23FN2O/c22-18-8-10-19(11-9-18)24-16-21(13-20(24)25)14-23(15-21)12-4-7-17-5-2-1-3-6-17/h1-3,5-6,8-11H,4,7,12-16H2. The predicted molar refractivity (Wildman–Crippen MR) is 97.0 cm³/mol. The molecule has 0 unspecified atom stereocenters. The smallest absolute Gasteiger partial charge is 0.227 e. The molecule has 1 amide bonds. The first-order chi connectivity index (χ1) is 12.1. The van der Waals surface area contributed by atoms with Crippen LogP contribution < -0.4 is 4.90 Å². The molecule has 2 saturated heterocycles. The SMILES string of the molecule is O=C1CC2(CN(CCCc3ccccc3)C2)CN1c1ccc(F)cc1. The summed E-state index contributed by atoms with van der Waals surface area (Å²) in [4.78, 5) is 16.7. The third kappa shape index (κ3) is 3.45. The zero-order valence-electron chi connectivity index (χ0n) is 14.3. The summed E-state index contributed by atoms with van der Waals surface area (Å²) in [5.41, 5.74) is 2.29. The molecule has 1 spiro atoms. The molecule has 2 fully saturated rings. The van der Waals surface area contributed by atoms with Gasteiger partial charge in [-0.25, -0.2) is 4.39 Å². The van der Waals surface area contributed by atoms with Crippen molar-refractivity contribution < 1.29 is 9.18 Å². The Morgan fingerprint density at radius 1 is 0.960 bits per heavy atom. The molecular weight excluding hydrogens is 315 g/mol. The molecule has 2 aromatic rings. The largest absolute Gasteiger partial charge is 0.312 e. The van der Waals surface area contributed by atoms with Gasteiger partial charge in [0.15, 0.2) is 0 Å². The van der Waals surface area contributed by atoms with E-state index in [4.69, 9.17) is 0 Å². The van der Waals surface area contributed by atoms with Crippen molar-refractivity contribution in [1.82, 2.24) is 4.90 Å². The first kappa shape index (κ1) is 16.3. The third-order valence-electron chi connectivity index (χ3n) is 5.36. The number of likely N-dealkylation sites (tertiary alicyclic amines) is 1. The minimum atomic E-state index is -0.265. The summed E-state index contributed by atoms with van der Waals surface area (Å²) >= 11 is 0. The van der Waals surface area contributed by atoms with E-state index in [2.05, 4.69) is 29.2 Å². The van der Waals surface area contributed by atoms with Crippen molar-refractivity contribution in [3.05, 3.63) is 66.0 Å². The number of amides is 1. The van der Waals surface area contributed by atoms with E-state index in [9.17, 15) is 9.18 Å². The lowest BCUT2D eigenvalue weighted by molar-refractivity contribution is -0.119. The fraction of sp³-hybridized carbons (Fsp3) is 0.381. The van der Waals surface area contributed by atoms with Crippen molar-refractivity contribution in [2.24, 2.45) is 5.41 Å². The molecule has 0 aliphatic carbocycles. The Bertz CT molecular complexity index is 738. The predicted octanol–water partition coefficient (Wildman–Crippen LogP) is 3.50. The molecule has 0 N–H and O–H groups in total. The van der Waals surface area contributed by atoms with Crippen LogP contribution in [0, 0.1) is 11.2 Å².